The van der Waals surface area contributed by atoms with Crippen molar-refractivity contribution in [3.05, 3.63) is 0 Å². The monoisotopic (exact) mass is 278 g/mol. The van der Waals surface area contributed by atoms with Gasteiger partial charge >= 0.3 is 0 Å². The maximum Gasteiger partial charge on any atom is 0.215 e. The summed E-state index contributed by atoms with van der Waals surface area (Å²) in [5, 5.41) is 2.73. The second-order valence-corrected chi connectivity index (χ2v) is 7.12. The van der Waals surface area contributed by atoms with Crippen molar-refractivity contribution in [1.29, 1.82) is 0 Å². The van der Waals surface area contributed by atoms with E-state index in [0.717, 1.165) is 32.2 Å². The zero-order valence-electron chi connectivity index (χ0n) is 11.6. The molecule has 0 radical (unpaired) electrons. The third kappa shape index (κ3) is 4.50. The van der Waals surface area contributed by atoms with Crippen LogP contribution in [0.4, 0.5) is 0 Å². The van der Waals surface area contributed by atoms with Crippen molar-refractivity contribution < 1.29 is 13.2 Å². The van der Waals surface area contributed by atoms with Gasteiger partial charge < -0.3 is 10.1 Å². The highest BCUT2D eigenvalue weighted by Gasteiger charge is 2.32. The van der Waals surface area contributed by atoms with Gasteiger partial charge in [-0.25, -0.2) is 13.1 Å². The summed E-state index contributed by atoms with van der Waals surface area (Å²) in [6.45, 7) is 5.14. The van der Waals surface area contributed by atoms with Crippen LogP contribution in [-0.2, 0) is 14.8 Å². The van der Waals surface area contributed by atoms with Crippen LogP contribution < -0.4 is 10.0 Å². The first-order chi connectivity index (χ1) is 8.51. The van der Waals surface area contributed by atoms with Crippen LogP contribution in [0.5, 0.6) is 0 Å². The van der Waals surface area contributed by atoms with Gasteiger partial charge in [-0.1, -0.05) is 6.92 Å². The van der Waals surface area contributed by atoms with Gasteiger partial charge in [-0.05, 0) is 39.2 Å². The summed E-state index contributed by atoms with van der Waals surface area (Å²) < 4.78 is 32.4. The third-order valence-corrected chi connectivity index (χ3v) is 5.32. The minimum absolute atomic E-state index is 0.0237. The van der Waals surface area contributed by atoms with Crippen LogP contribution in [0.1, 0.15) is 39.5 Å². The van der Waals surface area contributed by atoms with Gasteiger partial charge in [0, 0.05) is 19.7 Å². The molecule has 0 bridgehead atoms. The molecule has 6 heteroatoms. The lowest BCUT2D eigenvalue weighted by Gasteiger charge is -2.22. The number of nitrogens with one attached hydrogen (secondary N) is 2. The molecule has 2 N–H and O–H groups in total. The van der Waals surface area contributed by atoms with Crippen molar-refractivity contribution in [1.82, 2.24) is 10.0 Å². The Labute approximate surface area is 111 Å². The minimum Gasteiger partial charge on any atom is -0.380 e. The quantitative estimate of drug-likeness (QED) is 0.646. The van der Waals surface area contributed by atoms with Gasteiger partial charge in [0.05, 0.1) is 11.4 Å². The lowest BCUT2D eigenvalue weighted by atomic mass is 10.2. The highest BCUT2D eigenvalue weighted by atomic mass is 32.2. The molecule has 3 unspecified atom stereocenters. The molecule has 0 aliphatic heterocycles. The van der Waals surface area contributed by atoms with E-state index in [4.69, 9.17) is 4.74 Å². The Morgan fingerprint density at radius 3 is 2.72 bits per heavy atom. The highest BCUT2D eigenvalue weighted by molar-refractivity contribution is 7.90. The first-order valence-electron chi connectivity index (χ1n) is 6.76. The zero-order chi connectivity index (χ0) is 13.6. The third-order valence-electron chi connectivity index (χ3n) is 3.46. The van der Waals surface area contributed by atoms with Crippen molar-refractivity contribution >= 4 is 10.0 Å². The predicted octanol–water partition coefficient (Wildman–Crippen LogP) is 0.861. The molecule has 0 spiro atoms. The van der Waals surface area contributed by atoms with E-state index in [9.17, 15) is 8.42 Å². The number of ether oxygens (including phenoxy) is 1. The fourth-order valence-electron chi connectivity index (χ4n) is 2.26. The molecular formula is C12H26N2O3S. The number of sulfonamides is 1. The number of methoxy groups -OCH3 is 1. The Kier molecular flexibility index (Phi) is 6.55. The van der Waals surface area contributed by atoms with Gasteiger partial charge in [0.1, 0.15) is 0 Å². The van der Waals surface area contributed by atoms with E-state index < -0.39 is 15.3 Å². The summed E-state index contributed by atoms with van der Waals surface area (Å²) in [6, 6.07) is -0.0615. The van der Waals surface area contributed by atoms with Crippen LogP contribution in [-0.4, -0.2) is 46.0 Å². The molecule has 1 rings (SSSR count). The van der Waals surface area contributed by atoms with Crippen LogP contribution in [0.15, 0.2) is 0 Å². The lowest BCUT2D eigenvalue weighted by Crippen LogP contribution is -2.46. The van der Waals surface area contributed by atoms with Gasteiger partial charge in [0.25, 0.3) is 0 Å². The first-order valence-corrected chi connectivity index (χ1v) is 8.30. The van der Waals surface area contributed by atoms with Crippen LogP contribution in [0, 0.1) is 0 Å². The molecule has 1 aliphatic carbocycles. The average Bonchev–Trinajstić information content (AvgIpc) is 2.75. The summed E-state index contributed by atoms with van der Waals surface area (Å²) in [4.78, 5) is 0. The molecule has 1 fully saturated rings. The molecular weight excluding hydrogens is 252 g/mol. The van der Waals surface area contributed by atoms with E-state index in [1.54, 1.807) is 14.0 Å². The molecule has 0 heterocycles. The van der Waals surface area contributed by atoms with Crippen LogP contribution in [0.3, 0.4) is 0 Å². The smallest absolute Gasteiger partial charge is 0.215 e. The maximum absolute atomic E-state index is 12.1. The number of hydrogen-bond donors (Lipinski definition) is 2. The van der Waals surface area contributed by atoms with Gasteiger partial charge in [-0.15, -0.1) is 0 Å². The van der Waals surface area contributed by atoms with Crippen molar-refractivity contribution in [2.24, 2.45) is 0 Å². The standard InChI is InChI=1S/C12H26N2O3S/c1-4-8-13-9-10(2)18(15,16)14-11-6-5-7-12(11)17-3/h10-14H,4-9H2,1-3H3. The molecule has 18 heavy (non-hydrogen) atoms. The van der Waals surface area contributed by atoms with Gasteiger partial charge in [0.2, 0.25) is 10.0 Å². The van der Waals surface area contributed by atoms with E-state index in [0.29, 0.717) is 6.54 Å². The highest BCUT2D eigenvalue weighted by Crippen LogP contribution is 2.22. The van der Waals surface area contributed by atoms with Crippen LogP contribution in [0.2, 0.25) is 0 Å². The summed E-state index contributed by atoms with van der Waals surface area (Å²) in [5.41, 5.74) is 0. The molecule has 3 atom stereocenters. The Morgan fingerprint density at radius 1 is 1.39 bits per heavy atom. The molecule has 108 valence electrons. The predicted molar refractivity (Wildman–Crippen MR) is 73.1 cm³/mol. The molecule has 0 aromatic heterocycles. The Morgan fingerprint density at radius 2 is 2.11 bits per heavy atom. The SMILES string of the molecule is CCCNCC(C)S(=O)(=O)NC1CCCC1OC. The summed E-state index contributed by atoms with van der Waals surface area (Å²) in [5.74, 6) is 0. The number of rotatable bonds is 8. The molecule has 0 amide bonds. The Bertz CT molecular complexity index is 332. The van der Waals surface area contributed by atoms with Crippen LogP contribution >= 0.6 is 0 Å². The molecule has 0 aromatic rings. The molecule has 0 saturated heterocycles. The van der Waals surface area contributed by atoms with Gasteiger partial charge in [-0.2, -0.15) is 0 Å². The van der Waals surface area contributed by atoms with Crippen molar-refractivity contribution in [3.8, 4) is 0 Å². The topological polar surface area (TPSA) is 67.4 Å². The van der Waals surface area contributed by atoms with E-state index in [1.165, 1.54) is 0 Å². The van der Waals surface area contributed by atoms with Crippen LogP contribution in [0.25, 0.3) is 0 Å². The minimum atomic E-state index is -3.26. The molecule has 1 saturated carbocycles. The average molecular weight is 278 g/mol. The second kappa shape index (κ2) is 7.43. The Balaban J connectivity index is 2.47. The van der Waals surface area contributed by atoms with E-state index in [-0.39, 0.29) is 12.1 Å². The summed E-state index contributed by atoms with van der Waals surface area (Å²) >= 11 is 0. The van der Waals surface area contributed by atoms with Crippen molar-refractivity contribution in [2.75, 3.05) is 20.2 Å². The molecule has 5 nitrogen and oxygen atoms in total. The second-order valence-electron chi connectivity index (χ2n) is 4.99. The fraction of sp³-hybridized carbons (Fsp3) is 1.00. The number of hydrogen-bond acceptors (Lipinski definition) is 4. The lowest BCUT2D eigenvalue weighted by molar-refractivity contribution is 0.0916. The summed E-state index contributed by atoms with van der Waals surface area (Å²) in [6.07, 6.45) is 3.86. The largest absolute Gasteiger partial charge is 0.380 e. The van der Waals surface area contributed by atoms with Crippen molar-refractivity contribution in [2.45, 2.75) is 56.9 Å². The molecule has 1 aliphatic rings. The van der Waals surface area contributed by atoms with Gasteiger partial charge in [0.15, 0.2) is 0 Å². The Hall–Kier alpha value is -0.170. The maximum atomic E-state index is 12.1. The normalized spacial score (nSPS) is 26.4. The zero-order valence-corrected chi connectivity index (χ0v) is 12.4. The van der Waals surface area contributed by atoms with E-state index in [1.807, 2.05) is 0 Å². The van der Waals surface area contributed by atoms with Crippen molar-refractivity contribution in [3.63, 3.8) is 0 Å². The van der Waals surface area contributed by atoms with Gasteiger partial charge in [-0.3, -0.25) is 0 Å². The van der Waals surface area contributed by atoms with E-state index in [2.05, 4.69) is 17.0 Å². The van der Waals surface area contributed by atoms with E-state index >= 15 is 0 Å². The summed E-state index contributed by atoms with van der Waals surface area (Å²) in [7, 11) is -1.62. The fourth-order valence-corrected chi connectivity index (χ4v) is 3.52. The first kappa shape index (κ1) is 15.9. The molecule has 0 aromatic carbocycles.